The van der Waals surface area contributed by atoms with Gasteiger partial charge < -0.3 is 9.80 Å². The summed E-state index contributed by atoms with van der Waals surface area (Å²) in [7, 11) is 0. The second kappa shape index (κ2) is 5.31. The molecule has 2 aromatic carbocycles. The van der Waals surface area contributed by atoms with Crippen LogP contribution in [-0.2, 0) is 0 Å². The molecule has 98 valence electrons. The highest BCUT2D eigenvalue weighted by Crippen LogP contribution is 2.22. The third-order valence-corrected chi connectivity index (χ3v) is 3.59. The van der Waals surface area contributed by atoms with Crippen LogP contribution >= 0.6 is 0 Å². The maximum absolute atomic E-state index is 13.7. The summed E-state index contributed by atoms with van der Waals surface area (Å²) < 4.78 is 13.7. The van der Waals surface area contributed by atoms with Crippen LogP contribution in [0, 0.1) is 5.82 Å². The van der Waals surface area contributed by atoms with Crippen molar-refractivity contribution in [1.29, 1.82) is 0 Å². The Balaban J connectivity index is 1.69. The number of para-hydroxylation sites is 2. The second-order valence-corrected chi connectivity index (χ2v) is 4.76. The number of rotatable bonds is 2. The minimum Gasteiger partial charge on any atom is -0.368 e. The maximum atomic E-state index is 13.7. The summed E-state index contributed by atoms with van der Waals surface area (Å²) in [5, 5.41) is 0. The summed E-state index contributed by atoms with van der Waals surface area (Å²) >= 11 is 0. The van der Waals surface area contributed by atoms with Crippen molar-refractivity contribution in [3.63, 3.8) is 0 Å². The Morgan fingerprint density at radius 1 is 0.684 bits per heavy atom. The number of anilines is 2. The lowest BCUT2D eigenvalue weighted by Crippen LogP contribution is -2.46. The lowest BCUT2D eigenvalue weighted by molar-refractivity contribution is 0.598. The Bertz CT molecular complexity index is 533. The monoisotopic (exact) mass is 256 g/mol. The molecule has 0 saturated carbocycles. The van der Waals surface area contributed by atoms with Crippen LogP contribution in [0.15, 0.2) is 54.6 Å². The molecule has 0 N–H and O–H groups in total. The Kier molecular flexibility index (Phi) is 3.36. The van der Waals surface area contributed by atoms with Gasteiger partial charge in [0.15, 0.2) is 0 Å². The van der Waals surface area contributed by atoms with Gasteiger partial charge in [0.1, 0.15) is 5.82 Å². The summed E-state index contributed by atoms with van der Waals surface area (Å²) in [4.78, 5) is 4.46. The van der Waals surface area contributed by atoms with Crippen LogP contribution in [0.2, 0.25) is 0 Å². The lowest BCUT2D eigenvalue weighted by Gasteiger charge is -2.37. The fourth-order valence-electron chi connectivity index (χ4n) is 2.55. The molecule has 0 unspecified atom stereocenters. The minimum absolute atomic E-state index is 0.129. The van der Waals surface area contributed by atoms with Crippen LogP contribution in [0.1, 0.15) is 0 Å². The molecular formula is C16H17FN2. The normalized spacial score (nSPS) is 15.6. The second-order valence-electron chi connectivity index (χ2n) is 4.76. The number of nitrogens with zero attached hydrogens (tertiary/aromatic N) is 2. The Labute approximate surface area is 113 Å². The van der Waals surface area contributed by atoms with Crippen LogP contribution in [0.5, 0.6) is 0 Å². The number of piperazine rings is 1. The first-order valence-corrected chi connectivity index (χ1v) is 6.64. The number of benzene rings is 2. The highest BCUT2D eigenvalue weighted by molar-refractivity contribution is 5.52. The van der Waals surface area contributed by atoms with Gasteiger partial charge in [-0.25, -0.2) is 4.39 Å². The van der Waals surface area contributed by atoms with Crippen molar-refractivity contribution < 1.29 is 4.39 Å². The van der Waals surface area contributed by atoms with E-state index in [0.29, 0.717) is 0 Å². The first kappa shape index (κ1) is 12.0. The number of hydrogen-bond donors (Lipinski definition) is 0. The van der Waals surface area contributed by atoms with E-state index in [1.165, 1.54) is 11.8 Å². The van der Waals surface area contributed by atoms with E-state index in [1.54, 1.807) is 6.07 Å². The standard InChI is InChI=1S/C16H17FN2/c17-15-8-4-5-9-16(15)19-12-10-18(11-13-19)14-6-2-1-3-7-14/h1-9H,10-13H2. The predicted octanol–water partition coefficient (Wildman–Crippen LogP) is 3.15. The van der Waals surface area contributed by atoms with E-state index in [2.05, 4.69) is 34.1 Å². The molecule has 0 spiro atoms. The molecule has 1 saturated heterocycles. The molecule has 0 aliphatic carbocycles. The van der Waals surface area contributed by atoms with E-state index in [4.69, 9.17) is 0 Å². The third-order valence-electron chi connectivity index (χ3n) is 3.59. The van der Waals surface area contributed by atoms with E-state index >= 15 is 0 Å². The van der Waals surface area contributed by atoms with Crippen molar-refractivity contribution in [2.75, 3.05) is 36.0 Å². The van der Waals surface area contributed by atoms with Gasteiger partial charge >= 0.3 is 0 Å². The van der Waals surface area contributed by atoms with E-state index in [1.807, 2.05) is 18.2 Å². The van der Waals surface area contributed by atoms with Crippen LogP contribution < -0.4 is 9.80 Å². The van der Waals surface area contributed by atoms with Gasteiger partial charge in [0.2, 0.25) is 0 Å². The Hall–Kier alpha value is -2.03. The van der Waals surface area contributed by atoms with Crippen molar-refractivity contribution in [2.24, 2.45) is 0 Å². The molecule has 1 aliphatic heterocycles. The molecule has 3 rings (SSSR count). The van der Waals surface area contributed by atoms with E-state index in [0.717, 1.165) is 31.9 Å². The molecule has 0 atom stereocenters. The third kappa shape index (κ3) is 2.55. The topological polar surface area (TPSA) is 6.48 Å². The molecule has 19 heavy (non-hydrogen) atoms. The molecule has 2 nitrogen and oxygen atoms in total. The summed E-state index contributed by atoms with van der Waals surface area (Å²) in [5.74, 6) is -0.129. The smallest absolute Gasteiger partial charge is 0.146 e. The Morgan fingerprint density at radius 3 is 1.95 bits per heavy atom. The van der Waals surface area contributed by atoms with Crippen molar-refractivity contribution in [2.45, 2.75) is 0 Å². The van der Waals surface area contributed by atoms with Gasteiger partial charge in [0.05, 0.1) is 5.69 Å². The molecular weight excluding hydrogens is 239 g/mol. The van der Waals surface area contributed by atoms with E-state index in [9.17, 15) is 4.39 Å². The van der Waals surface area contributed by atoms with E-state index < -0.39 is 0 Å². The average molecular weight is 256 g/mol. The van der Waals surface area contributed by atoms with Gasteiger partial charge in [-0.2, -0.15) is 0 Å². The summed E-state index contributed by atoms with van der Waals surface area (Å²) in [6.07, 6.45) is 0. The zero-order valence-electron chi connectivity index (χ0n) is 10.8. The van der Waals surface area contributed by atoms with Gasteiger partial charge in [-0.05, 0) is 24.3 Å². The van der Waals surface area contributed by atoms with Gasteiger partial charge in [-0.3, -0.25) is 0 Å². The minimum atomic E-state index is -0.129. The first-order chi connectivity index (χ1) is 9.34. The molecule has 0 amide bonds. The highest BCUT2D eigenvalue weighted by atomic mass is 19.1. The van der Waals surface area contributed by atoms with E-state index in [-0.39, 0.29) is 5.82 Å². The van der Waals surface area contributed by atoms with Crippen LogP contribution in [0.3, 0.4) is 0 Å². The number of hydrogen-bond acceptors (Lipinski definition) is 2. The zero-order chi connectivity index (χ0) is 13.1. The first-order valence-electron chi connectivity index (χ1n) is 6.64. The molecule has 0 aromatic heterocycles. The van der Waals surface area contributed by atoms with Crippen molar-refractivity contribution in [1.82, 2.24) is 0 Å². The van der Waals surface area contributed by atoms with Crippen molar-refractivity contribution in [3.05, 3.63) is 60.4 Å². The van der Waals surface area contributed by atoms with Crippen LogP contribution in [0.4, 0.5) is 15.8 Å². The average Bonchev–Trinajstić information content (AvgIpc) is 2.49. The fraction of sp³-hybridized carbons (Fsp3) is 0.250. The molecule has 1 fully saturated rings. The van der Waals surface area contributed by atoms with Gasteiger partial charge in [0, 0.05) is 31.9 Å². The van der Waals surface area contributed by atoms with Gasteiger partial charge in [-0.1, -0.05) is 30.3 Å². The summed E-state index contributed by atoms with van der Waals surface area (Å²) in [6, 6.07) is 17.4. The predicted molar refractivity (Wildman–Crippen MR) is 77.3 cm³/mol. The zero-order valence-corrected chi connectivity index (χ0v) is 10.8. The number of halogens is 1. The molecule has 1 aliphatic rings. The fourth-order valence-corrected chi connectivity index (χ4v) is 2.55. The SMILES string of the molecule is Fc1ccccc1N1CCN(c2ccccc2)CC1. The molecule has 0 bridgehead atoms. The largest absolute Gasteiger partial charge is 0.368 e. The molecule has 1 heterocycles. The van der Waals surface area contributed by atoms with Crippen molar-refractivity contribution >= 4 is 11.4 Å². The molecule has 3 heteroatoms. The molecule has 0 radical (unpaired) electrons. The quantitative estimate of drug-likeness (QED) is 0.814. The lowest BCUT2D eigenvalue weighted by atomic mass is 10.2. The van der Waals surface area contributed by atoms with Gasteiger partial charge in [0.25, 0.3) is 0 Å². The van der Waals surface area contributed by atoms with Crippen molar-refractivity contribution in [3.8, 4) is 0 Å². The van der Waals surface area contributed by atoms with Crippen LogP contribution in [-0.4, -0.2) is 26.2 Å². The molecule has 2 aromatic rings. The highest BCUT2D eigenvalue weighted by Gasteiger charge is 2.19. The van der Waals surface area contributed by atoms with Gasteiger partial charge in [-0.15, -0.1) is 0 Å². The maximum Gasteiger partial charge on any atom is 0.146 e. The summed E-state index contributed by atoms with van der Waals surface area (Å²) in [5.41, 5.74) is 1.96. The Morgan fingerprint density at radius 2 is 1.26 bits per heavy atom. The summed E-state index contributed by atoms with van der Waals surface area (Å²) in [6.45, 7) is 3.57. The van der Waals surface area contributed by atoms with Crippen LogP contribution in [0.25, 0.3) is 0 Å².